The molecule has 0 amide bonds. The van der Waals surface area contributed by atoms with Gasteiger partial charge in [-0.15, -0.1) is 0 Å². The third-order valence-corrected chi connectivity index (χ3v) is 4.00. The largest absolute Gasteiger partial charge is 0.439 e. The minimum Gasteiger partial charge on any atom is -0.439 e. The molecular weight excluding hydrogens is 284 g/mol. The van der Waals surface area contributed by atoms with E-state index in [1.807, 2.05) is 25.1 Å². The molecular formula is C12H13BrN2O2. The topological polar surface area (TPSA) is 61.3 Å². The van der Waals surface area contributed by atoms with Crippen molar-refractivity contribution in [2.45, 2.75) is 18.4 Å². The maximum Gasteiger partial charge on any atom is 0.205 e. The number of aromatic nitrogens is 1. The van der Waals surface area contributed by atoms with Gasteiger partial charge in [-0.3, -0.25) is 0 Å². The molecule has 2 unspecified atom stereocenters. The highest BCUT2D eigenvalue weighted by Crippen LogP contribution is 2.35. The van der Waals surface area contributed by atoms with E-state index in [1.54, 1.807) is 0 Å². The normalized spacial score (nSPS) is 29.0. The summed E-state index contributed by atoms with van der Waals surface area (Å²) in [6.45, 7) is 3.14. The molecule has 2 N–H and O–H groups in total. The summed E-state index contributed by atoms with van der Waals surface area (Å²) in [6.07, 6.45) is 0. The Bertz CT molecular complexity index is 569. The fraction of sp³-hybridized carbons (Fsp3) is 0.417. The summed E-state index contributed by atoms with van der Waals surface area (Å²) in [6, 6.07) is 5.73. The molecule has 1 aliphatic heterocycles. The zero-order valence-corrected chi connectivity index (χ0v) is 11.0. The highest BCUT2D eigenvalue weighted by Gasteiger charge is 2.43. The number of ether oxygens (including phenoxy) is 1. The van der Waals surface area contributed by atoms with Gasteiger partial charge in [-0.2, -0.15) is 0 Å². The number of benzene rings is 1. The van der Waals surface area contributed by atoms with E-state index in [4.69, 9.17) is 14.9 Å². The Morgan fingerprint density at radius 1 is 1.53 bits per heavy atom. The molecule has 2 heterocycles. The van der Waals surface area contributed by atoms with Gasteiger partial charge in [0.1, 0.15) is 5.52 Å². The lowest BCUT2D eigenvalue weighted by molar-refractivity contribution is 0.173. The summed E-state index contributed by atoms with van der Waals surface area (Å²) < 4.78 is 12.2. The van der Waals surface area contributed by atoms with Crippen LogP contribution in [-0.2, 0) is 10.2 Å². The molecule has 90 valence electrons. The van der Waals surface area contributed by atoms with E-state index >= 15 is 0 Å². The van der Waals surface area contributed by atoms with Crippen molar-refractivity contribution >= 4 is 27.0 Å². The summed E-state index contributed by atoms with van der Waals surface area (Å²) in [5.74, 6) is 0.657. The van der Waals surface area contributed by atoms with Gasteiger partial charge in [0.15, 0.2) is 5.58 Å². The highest BCUT2D eigenvalue weighted by atomic mass is 79.9. The van der Waals surface area contributed by atoms with Gasteiger partial charge in [0.25, 0.3) is 0 Å². The zero-order valence-electron chi connectivity index (χ0n) is 9.44. The number of para-hydroxylation sites is 1. The van der Waals surface area contributed by atoms with Crippen molar-refractivity contribution in [3.8, 4) is 0 Å². The molecule has 0 spiro atoms. The molecule has 2 atom stereocenters. The van der Waals surface area contributed by atoms with Crippen molar-refractivity contribution in [3.05, 3.63) is 28.6 Å². The van der Waals surface area contributed by atoms with Crippen molar-refractivity contribution in [1.29, 1.82) is 0 Å². The summed E-state index contributed by atoms with van der Waals surface area (Å²) in [4.78, 5) is 4.52. The molecule has 0 radical (unpaired) electrons. The van der Waals surface area contributed by atoms with E-state index in [9.17, 15) is 0 Å². The standard InChI is InChI=1S/C12H13BrN2O2/c1-12(6-16-5-9(12)14)11-15-8-4-2-3-7(13)10(8)17-11/h2-4,9H,5-6,14H2,1H3. The number of nitrogens with two attached hydrogens (primary N) is 1. The van der Waals surface area contributed by atoms with Crippen LogP contribution in [0.4, 0.5) is 0 Å². The molecule has 4 nitrogen and oxygen atoms in total. The third kappa shape index (κ3) is 1.61. The number of rotatable bonds is 1. The molecule has 5 heteroatoms. The number of halogens is 1. The van der Waals surface area contributed by atoms with Crippen LogP contribution in [0.5, 0.6) is 0 Å². The maximum atomic E-state index is 6.07. The molecule has 1 aliphatic rings. The van der Waals surface area contributed by atoms with Crippen molar-refractivity contribution < 1.29 is 9.15 Å². The van der Waals surface area contributed by atoms with Gasteiger partial charge in [0.2, 0.25) is 5.89 Å². The van der Waals surface area contributed by atoms with E-state index in [1.165, 1.54) is 0 Å². The van der Waals surface area contributed by atoms with E-state index in [-0.39, 0.29) is 11.5 Å². The lowest BCUT2D eigenvalue weighted by Crippen LogP contribution is -2.42. The quantitative estimate of drug-likeness (QED) is 0.876. The van der Waals surface area contributed by atoms with Crippen LogP contribution in [-0.4, -0.2) is 24.2 Å². The summed E-state index contributed by atoms with van der Waals surface area (Å²) in [5, 5.41) is 0. The predicted molar refractivity (Wildman–Crippen MR) is 67.9 cm³/mol. The summed E-state index contributed by atoms with van der Waals surface area (Å²) in [7, 11) is 0. The van der Waals surface area contributed by atoms with E-state index in [2.05, 4.69) is 20.9 Å². The number of nitrogens with zero attached hydrogens (tertiary/aromatic N) is 1. The molecule has 1 aromatic carbocycles. The average molecular weight is 297 g/mol. The number of hydrogen-bond acceptors (Lipinski definition) is 4. The summed E-state index contributed by atoms with van der Waals surface area (Å²) in [5.41, 5.74) is 7.34. The summed E-state index contributed by atoms with van der Waals surface area (Å²) >= 11 is 3.46. The highest BCUT2D eigenvalue weighted by molar-refractivity contribution is 9.10. The molecule has 2 aromatic rings. The number of oxazole rings is 1. The average Bonchev–Trinajstić information content (AvgIpc) is 2.86. The molecule has 0 aliphatic carbocycles. The van der Waals surface area contributed by atoms with E-state index in [0.717, 1.165) is 15.6 Å². The van der Waals surface area contributed by atoms with E-state index < -0.39 is 0 Å². The molecule has 17 heavy (non-hydrogen) atoms. The van der Waals surface area contributed by atoms with Crippen LogP contribution in [0.25, 0.3) is 11.1 Å². The molecule has 3 rings (SSSR count). The van der Waals surface area contributed by atoms with E-state index in [0.29, 0.717) is 19.1 Å². The molecule has 0 bridgehead atoms. The van der Waals surface area contributed by atoms with Gasteiger partial charge >= 0.3 is 0 Å². The second kappa shape index (κ2) is 3.80. The Balaban J connectivity index is 2.15. The van der Waals surface area contributed by atoms with Crippen LogP contribution >= 0.6 is 15.9 Å². The van der Waals surface area contributed by atoms with Crippen LogP contribution in [0, 0.1) is 0 Å². The second-order valence-corrected chi connectivity index (χ2v) is 5.50. The van der Waals surface area contributed by atoms with Gasteiger partial charge in [-0.05, 0) is 35.0 Å². The Morgan fingerprint density at radius 3 is 3.00 bits per heavy atom. The van der Waals surface area contributed by atoms with Crippen molar-refractivity contribution in [3.63, 3.8) is 0 Å². The SMILES string of the molecule is CC1(c2nc3cccc(Br)c3o2)COCC1N. The minimum absolute atomic E-state index is 0.0747. The van der Waals surface area contributed by atoms with Crippen LogP contribution < -0.4 is 5.73 Å². The van der Waals surface area contributed by atoms with Gasteiger partial charge < -0.3 is 14.9 Å². The molecule has 0 saturated carbocycles. The van der Waals surface area contributed by atoms with Gasteiger partial charge in [-0.1, -0.05) is 6.07 Å². The Kier molecular flexibility index (Phi) is 2.50. The van der Waals surface area contributed by atoms with Crippen molar-refractivity contribution in [1.82, 2.24) is 4.98 Å². The first-order chi connectivity index (χ1) is 8.11. The molecule has 1 saturated heterocycles. The molecule has 1 fully saturated rings. The van der Waals surface area contributed by atoms with Crippen LogP contribution in [0.1, 0.15) is 12.8 Å². The lowest BCUT2D eigenvalue weighted by Gasteiger charge is -2.22. The zero-order chi connectivity index (χ0) is 12.0. The maximum absolute atomic E-state index is 6.07. The van der Waals surface area contributed by atoms with Gasteiger partial charge in [-0.25, -0.2) is 4.98 Å². The minimum atomic E-state index is -0.335. The fourth-order valence-corrected chi connectivity index (χ4v) is 2.51. The Hall–Kier alpha value is -0.910. The molecule has 1 aromatic heterocycles. The monoisotopic (exact) mass is 296 g/mol. The van der Waals surface area contributed by atoms with Crippen LogP contribution in [0.2, 0.25) is 0 Å². The third-order valence-electron chi connectivity index (χ3n) is 3.37. The van der Waals surface area contributed by atoms with Gasteiger partial charge in [0, 0.05) is 6.04 Å². The van der Waals surface area contributed by atoms with Crippen LogP contribution in [0.3, 0.4) is 0 Å². The lowest BCUT2D eigenvalue weighted by atomic mass is 9.86. The Morgan fingerprint density at radius 2 is 2.35 bits per heavy atom. The first-order valence-corrected chi connectivity index (χ1v) is 6.29. The van der Waals surface area contributed by atoms with Crippen molar-refractivity contribution in [2.75, 3.05) is 13.2 Å². The predicted octanol–water partition coefficient (Wildman–Crippen LogP) is 2.21. The second-order valence-electron chi connectivity index (χ2n) is 4.65. The van der Waals surface area contributed by atoms with Crippen LogP contribution in [0.15, 0.2) is 27.1 Å². The Labute approximate surface area is 107 Å². The smallest absolute Gasteiger partial charge is 0.205 e. The first-order valence-electron chi connectivity index (χ1n) is 5.50. The van der Waals surface area contributed by atoms with Crippen molar-refractivity contribution in [2.24, 2.45) is 5.73 Å². The number of fused-ring (bicyclic) bond motifs is 1. The first kappa shape index (κ1) is 11.2. The fourth-order valence-electron chi connectivity index (χ4n) is 2.07. The van der Waals surface area contributed by atoms with Gasteiger partial charge in [0.05, 0.1) is 23.1 Å². The number of hydrogen-bond donors (Lipinski definition) is 1.